The molecule has 1 unspecified atom stereocenters. The van der Waals surface area contributed by atoms with E-state index in [2.05, 4.69) is 44.1 Å². The molecule has 1 heterocycles. The van der Waals surface area contributed by atoms with E-state index in [0.717, 1.165) is 17.8 Å². The molecule has 102 valence electrons. The average molecular weight is 258 g/mol. The van der Waals surface area contributed by atoms with Gasteiger partial charge in [-0.3, -0.25) is 4.68 Å². The first-order valence-corrected chi connectivity index (χ1v) is 6.79. The number of benzene rings is 1. The molecule has 2 aromatic rings. The van der Waals surface area contributed by atoms with E-state index in [-0.39, 0.29) is 0 Å². The minimum atomic E-state index is -0.502. The Bertz CT molecular complexity index is 552. The molecule has 2 rings (SSSR count). The molecule has 0 saturated carbocycles. The number of aliphatic hydroxyl groups is 1. The van der Waals surface area contributed by atoms with Gasteiger partial charge < -0.3 is 5.11 Å². The van der Waals surface area contributed by atoms with Crippen molar-refractivity contribution < 1.29 is 5.11 Å². The van der Waals surface area contributed by atoms with Crippen LogP contribution < -0.4 is 0 Å². The van der Waals surface area contributed by atoms with Crippen molar-refractivity contribution in [1.82, 2.24) is 9.78 Å². The molecule has 19 heavy (non-hydrogen) atoms. The summed E-state index contributed by atoms with van der Waals surface area (Å²) in [6.45, 7) is 6.26. The summed E-state index contributed by atoms with van der Waals surface area (Å²) in [5.74, 6) is 0. The molecule has 0 fully saturated rings. The molecule has 1 aromatic heterocycles. The van der Waals surface area contributed by atoms with Gasteiger partial charge in [-0.25, -0.2) is 0 Å². The van der Waals surface area contributed by atoms with E-state index in [9.17, 15) is 5.11 Å². The predicted molar refractivity (Wildman–Crippen MR) is 77.2 cm³/mol. The fraction of sp³-hybridized carbons (Fsp3) is 0.438. The molecule has 1 aromatic carbocycles. The first-order valence-electron chi connectivity index (χ1n) is 6.79. The van der Waals surface area contributed by atoms with Gasteiger partial charge in [-0.05, 0) is 43.0 Å². The molecule has 0 aliphatic heterocycles. The van der Waals surface area contributed by atoms with Crippen molar-refractivity contribution in [2.75, 3.05) is 0 Å². The van der Waals surface area contributed by atoms with Crippen molar-refractivity contribution in [3.8, 4) is 0 Å². The Balaban J connectivity index is 2.25. The van der Waals surface area contributed by atoms with Crippen molar-refractivity contribution in [3.63, 3.8) is 0 Å². The van der Waals surface area contributed by atoms with Gasteiger partial charge in [-0.15, -0.1) is 0 Å². The molecule has 0 spiro atoms. The number of hydrogen-bond donors (Lipinski definition) is 1. The van der Waals surface area contributed by atoms with Crippen LogP contribution >= 0.6 is 0 Å². The van der Waals surface area contributed by atoms with Gasteiger partial charge >= 0.3 is 0 Å². The fourth-order valence-corrected chi connectivity index (χ4v) is 2.50. The molecule has 1 atom stereocenters. The molecule has 1 N–H and O–H groups in total. The third kappa shape index (κ3) is 2.87. The second kappa shape index (κ2) is 5.57. The highest BCUT2D eigenvalue weighted by Crippen LogP contribution is 2.23. The van der Waals surface area contributed by atoms with Crippen LogP contribution in [-0.4, -0.2) is 14.9 Å². The molecular formula is C16H22N2O. The summed E-state index contributed by atoms with van der Waals surface area (Å²) < 4.78 is 1.79. The molecule has 0 aliphatic carbocycles. The minimum Gasteiger partial charge on any atom is -0.386 e. The van der Waals surface area contributed by atoms with Crippen LogP contribution in [0.5, 0.6) is 0 Å². The summed E-state index contributed by atoms with van der Waals surface area (Å²) in [6.07, 6.45) is 1.03. The van der Waals surface area contributed by atoms with Crippen LogP contribution in [0.4, 0.5) is 0 Å². The van der Waals surface area contributed by atoms with Gasteiger partial charge in [0.25, 0.3) is 0 Å². The quantitative estimate of drug-likeness (QED) is 0.915. The van der Waals surface area contributed by atoms with Crippen molar-refractivity contribution in [3.05, 3.63) is 52.3 Å². The normalized spacial score (nSPS) is 12.7. The number of nitrogens with zero attached hydrogens (tertiary/aromatic N) is 2. The summed E-state index contributed by atoms with van der Waals surface area (Å²) in [6, 6.07) is 8.24. The van der Waals surface area contributed by atoms with Crippen LogP contribution in [0.1, 0.15) is 41.1 Å². The van der Waals surface area contributed by atoms with Crippen molar-refractivity contribution >= 4 is 0 Å². The van der Waals surface area contributed by atoms with Gasteiger partial charge in [0.1, 0.15) is 0 Å². The van der Waals surface area contributed by atoms with Crippen LogP contribution in [0, 0.1) is 13.8 Å². The van der Waals surface area contributed by atoms with Crippen LogP contribution in [0.25, 0.3) is 0 Å². The highest BCUT2D eigenvalue weighted by Gasteiger charge is 2.16. The maximum Gasteiger partial charge on any atom is 0.0997 e. The Labute approximate surface area is 114 Å². The first-order chi connectivity index (χ1) is 9.02. The fourth-order valence-electron chi connectivity index (χ4n) is 2.50. The number of aryl methyl sites for hydroxylation is 4. The highest BCUT2D eigenvalue weighted by molar-refractivity contribution is 5.34. The second-order valence-electron chi connectivity index (χ2n) is 5.13. The monoisotopic (exact) mass is 258 g/mol. The molecule has 0 amide bonds. The summed E-state index contributed by atoms with van der Waals surface area (Å²) in [5, 5.41) is 14.8. The summed E-state index contributed by atoms with van der Waals surface area (Å²) >= 11 is 0. The van der Waals surface area contributed by atoms with Crippen molar-refractivity contribution in [1.29, 1.82) is 0 Å². The zero-order valence-electron chi connectivity index (χ0n) is 12.1. The van der Waals surface area contributed by atoms with E-state index in [4.69, 9.17) is 0 Å². The van der Waals surface area contributed by atoms with Gasteiger partial charge in [-0.1, -0.05) is 25.1 Å². The van der Waals surface area contributed by atoms with Gasteiger partial charge in [-0.2, -0.15) is 5.10 Å². The van der Waals surface area contributed by atoms with Crippen LogP contribution in [0.15, 0.2) is 24.3 Å². The molecule has 0 bridgehead atoms. The average Bonchev–Trinajstić information content (AvgIpc) is 2.75. The topological polar surface area (TPSA) is 38.0 Å². The highest BCUT2D eigenvalue weighted by atomic mass is 16.3. The van der Waals surface area contributed by atoms with E-state index in [0.29, 0.717) is 6.42 Å². The molecule has 3 heteroatoms. The molecule has 3 nitrogen and oxygen atoms in total. The standard InChI is InChI=1S/C16H22N2O/c1-5-13-9-15(18(4)17-13)16(19)10-14-11(2)7-6-8-12(14)3/h6-9,16,19H,5,10H2,1-4H3. The lowest BCUT2D eigenvalue weighted by Crippen LogP contribution is -2.09. The van der Waals surface area contributed by atoms with Crippen LogP contribution in [-0.2, 0) is 19.9 Å². The summed E-state index contributed by atoms with van der Waals surface area (Å²) in [4.78, 5) is 0. The van der Waals surface area contributed by atoms with E-state index in [1.165, 1.54) is 16.7 Å². The second-order valence-corrected chi connectivity index (χ2v) is 5.13. The molecular weight excluding hydrogens is 236 g/mol. The van der Waals surface area contributed by atoms with E-state index < -0.39 is 6.10 Å². The number of hydrogen-bond acceptors (Lipinski definition) is 2. The maximum absolute atomic E-state index is 10.5. The minimum absolute atomic E-state index is 0.502. The Hall–Kier alpha value is -1.61. The smallest absolute Gasteiger partial charge is 0.0997 e. The van der Waals surface area contributed by atoms with Gasteiger partial charge in [0.15, 0.2) is 0 Å². The Morgan fingerprint density at radius 2 is 1.89 bits per heavy atom. The SMILES string of the molecule is CCc1cc(C(O)Cc2c(C)cccc2C)n(C)n1. The Morgan fingerprint density at radius 1 is 1.26 bits per heavy atom. The zero-order valence-corrected chi connectivity index (χ0v) is 12.1. The predicted octanol–water partition coefficient (Wildman–Crippen LogP) is 2.88. The lowest BCUT2D eigenvalue weighted by molar-refractivity contribution is 0.168. The van der Waals surface area contributed by atoms with Gasteiger partial charge in [0.05, 0.1) is 17.5 Å². The van der Waals surface area contributed by atoms with E-state index in [1.807, 2.05) is 13.1 Å². The molecule has 0 aliphatic rings. The third-order valence-electron chi connectivity index (χ3n) is 3.71. The lowest BCUT2D eigenvalue weighted by Gasteiger charge is -2.15. The zero-order chi connectivity index (χ0) is 14.0. The number of aliphatic hydroxyl groups excluding tert-OH is 1. The van der Waals surface area contributed by atoms with Crippen molar-refractivity contribution in [2.24, 2.45) is 7.05 Å². The number of aromatic nitrogens is 2. The number of rotatable bonds is 4. The Morgan fingerprint density at radius 3 is 2.42 bits per heavy atom. The lowest BCUT2D eigenvalue weighted by atomic mass is 9.96. The maximum atomic E-state index is 10.5. The van der Waals surface area contributed by atoms with E-state index >= 15 is 0 Å². The third-order valence-corrected chi connectivity index (χ3v) is 3.71. The summed E-state index contributed by atoms with van der Waals surface area (Å²) in [7, 11) is 1.89. The largest absolute Gasteiger partial charge is 0.386 e. The molecule has 0 radical (unpaired) electrons. The van der Waals surface area contributed by atoms with Crippen molar-refractivity contribution in [2.45, 2.75) is 39.7 Å². The summed E-state index contributed by atoms with van der Waals surface area (Å²) in [5.41, 5.74) is 5.61. The van der Waals surface area contributed by atoms with Crippen LogP contribution in [0.3, 0.4) is 0 Å². The molecule has 0 saturated heterocycles. The van der Waals surface area contributed by atoms with Gasteiger partial charge in [0.2, 0.25) is 0 Å². The van der Waals surface area contributed by atoms with Gasteiger partial charge in [0, 0.05) is 13.5 Å². The van der Waals surface area contributed by atoms with Crippen LogP contribution in [0.2, 0.25) is 0 Å². The van der Waals surface area contributed by atoms with E-state index in [1.54, 1.807) is 4.68 Å². The Kier molecular flexibility index (Phi) is 4.05. The first kappa shape index (κ1) is 13.8.